The summed E-state index contributed by atoms with van der Waals surface area (Å²) >= 11 is 0. The number of hydrogen-bond acceptors (Lipinski definition) is 6. The molecule has 1 aliphatic heterocycles. The van der Waals surface area contributed by atoms with Crippen molar-refractivity contribution in [3.05, 3.63) is 85.7 Å². The first-order valence-corrected chi connectivity index (χ1v) is 9.01. The van der Waals surface area contributed by atoms with Crippen LogP contribution in [0, 0.1) is 17.0 Å². The maximum Gasteiger partial charge on any atom is 0.270 e. The molecule has 0 atom stereocenters. The summed E-state index contributed by atoms with van der Waals surface area (Å²) in [6.45, 7) is 3.71. The minimum Gasteiger partial charge on any atom is -0.310 e. The van der Waals surface area contributed by atoms with E-state index in [2.05, 4.69) is 19.9 Å². The molecule has 0 saturated carbocycles. The van der Waals surface area contributed by atoms with Crippen molar-refractivity contribution in [2.24, 2.45) is 0 Å². The average molecular weight is 377 g/mol. The van der Waals surface area contributed by atoms with Gasteiger partial charge in [-0.25, -0.2) is 4.98 Å². The summed E-state index contributed by atoms with van der Waals surface area (Å²) < 4.78 is 0. The molecule has 0 saturated heterocycles. The quantitative estimate of drug-likeness (QED) is 0.553. The number of nitro benzene ring substituents is 1. The van der Waals surface area contributed by atoms with Crippen LogP contribution in [0.4, 0.5) is 5.69 Å². The molecule has 0 fully saturated rings. The molecule has 3 heterocycles. The van der Waals surface area contributed by atoms with Gasteiger partial charge in [-0.15, -0.1) is 0 Å². The van der Waals surface area contributed by atoms with Gasteiger partial charge in [0.05, 0.1) is 27.6 Å². The van der Waals surface area contributed by atoms with E-state index in [-0.39, 0.29) is 11.2 Å². The van der Waals surface area contributed by atoms with Crippen molar-refractivity contribution < 1.29 is 4.92 Å². The maximum absolute atomic E-state index is 12.2. The van der Waals surface area contributed by atoms with Crippen LogP contribution in [-0.2, 0) is 19.5 Å². The molecule has 142 valence electrons. The number of rotatable bonds is 4. The highest BCUT2D eigenvalue weighted by Gasteiger charge is 2.21. The number of benzene rings is 1. The molecule has 1 aromatic carbocycles. The van der Waals surface area contributed by atoms with E-state index in [9.17, 15) is 14.9 Å². The number of H-pyrrole nitrogens is 1. The number of hydrogen-bond donors (Lipinski definition) is 1. The molecule has 28 heavy (non-hydrogen) atoms. The smallest absolute Gasteiger partial charge is 0.270 e. The summed E-state index contributed by atoms with van der Waals surface area (Å²) in [7, 11) is 0. The highest BCUT2D eigenvalue weighted by molar-refractivity contribution is 5.62. The van der Waals surface area contributed by atoms with E-state index in [1.165, 1.54) is 12.1 Å². The normalized spacial score (nSPS) is 13.9. The molecule has 2 aromatic heterocycles. The van der Waals surface area contributed by atoms with Crippen LogP contribution in [-0.4, -0.2) is 31.3 Å². The lowest BCUT2D eigenvalue weighted by Gasteiger charge is -2.27. The van der Waals surface area contributed by atoms with Gasteiger partial charge in [-0.1, -0.05) is 18.2 Å². The molecule has 3 aromatic rings. The molecule has 0 spiro atoms. The first-order chi connectivity index (χ1) is 13.5. The van der Waals surface area contributed by atoms with E-state index < -0.39 is 4.92 Å². The van der Waals surface area contributed by atoms with Gasteiger partial charge in [-0.3, -0.25) is 24.8 Å². The zero-order chi connectivity index (χ0) is 19.7. The highest BCUT2D eigenvalue weighted by atomic mass is 16.6. The van der Waals surface area contributed by atoms with Gasteiger partial charge in [-0.2, -0.15) is 0 Å². The molecule has 0 aliphatic carbocycles. The van der Waals surface area contributed by atoms with Crippen molar-refractivity contribution in [2.45, 2.75) is 26.4 Å². The Morgan fingerprint density at radius 1 is 1.21 bits per heavy atom. The summed E-state index contributed by atoms with van der Waals surface area (Å²) in [5.41, 5.74) is 3.79. The molecule has 0 bridgehead atoms. The Morgan fingerprint density at radius 2 is 2.04 bits per heavy atom. The molecule has 0 radical (unpaired) electrons. The molecular formula is C20H19N5O3. The van der Waals surface area contributed by atoms with Crippen molar-refractivity contribution in [1.29, 1.82) is 0 Å². The number of aromatic nitrogens is 3. The molecule has 0 amide bonds. The molecule has 8 nitrogen and oxygen atoms in total. The van der Waals surface area contributed by atoms with Gasteiger partial charge in [0.15, 0.2) is 0 Å². The lowest BCUT2D eigenvalue weighted by atomic mass is 10.1. The largest absolute Gasteiger partial charge is 0.310 e. The third kappa shape index (κ3) is 3.67. The lowest BCUT2D eigenvalue weighted by Crippen LogP contribution is -2.35. The van der Waals surface area contributed by atoms with Crippen LogP contribution in [0.5, 0.6) is 0 Å². The number of nitro groups is 1. The fourth-order valence-electron chi connectivity index (χ4n) is 3.48. The monoisotopic (exact) mass is 377 g/mol. The van der Waals surface area contributed by atoms with Crippen molar-refractivity contribution in [3.8, 4) is 11.3 Å². The Morgan fingerprint density at radius 3 is 2.86 bits per heavy atom. The van der Waals surface area contributed by atoms with Crippen LogP contribution in [0.2, 0.25) is 0 Å². The number of pyridine rings is 1. The first kappa shape index (κ1) is 18.0. The molecule has 4 rings (SSSR count). The Kier molecular flexibility index (Phi) is 4.70. The minimum atomic E-state index is -0.411. The van der Waals surface area contributed by atoms with Gasteiger partial charge in [0.1, 0.15) is 5.82 Å². The van der Waals surface area contributed by atoms with Crippen LogP contribution in [0.1, 0.15) is 22.8 Å². The Labute approximate surface area is 161 Å². The van der Waals surface area contributed by atoms with Gasteiger partial charge in [-0.05, 0) is 19.1 Å². The van der Waals surface area contributed by atoms with Crippen LogP contribution in [0.15, 0.2) is 47.3 Å². The predicted octanol–water partition coefficient (Wildman–Crippen LogP) is 2.61. The van der Waals surface area contributed by atoms with E-state index >= 15 is 0 Å². The number of nitrogens with one attached hydrogen (secondary N) is 1. The van der Waals surface area contributed by atoms with Gasteiger partial charge in [0.2, 0.25) is 0 Å². The standard InChI is InChI=1S/C20H19N5O3/c1-13-21-19-8-9-24(12-17(19)20(26)22-13)11-15-5-3-7-18(23-15)14-4-2-6-16(10-14)25(27)28/h2-7,10H,8-9,11-12H2,1H3,(H,21,22,26). The SMILES string of the molecule is Cc1nc2c(c(=O)[nH]1)CN(Cc1cccc(-c3cccc([N+](=O)[O-])c3)n1)CC2. The fraction of sp³-hybridized carbons (Fsp3) is 0.250. The topological polar surface area (TPSA) is 105 Å². The van der Waals surface area contributed by atoms with E-state index in [0.29, 0.717) is 35.7 Å². The Bertz CT molecular complexity index is 1110. The van der Waals surface area contributed by atoms with Gasteiger partial charge < -0.3 is 4.98 Å². The van der Waals surface area contributed by atoms with Crippen molar-refractivity contribution in [2.75, 3.05) is 6.54 Å². The zero-order valence-corrected chi connectivity index (χ0v) is 15.4. The summed E-state index contributed by atoms with van der Waals surface area (Å²) in [6.07, 6.45) is 0.727. The maximum atomic E-state index is 12.2. The number of fused-ring (bicyclic) bond motifs is 1. The van der Waals surface area contributed by atoms with Crippen LogP contribution < -0.4 is 5.56 Å². The molecule has 0 unspecified atom stereocenters. The van der Waals surface area contributed by atoms with Crippen molar-refractivity contribution >= 4 is 5.69 Å². The summed E-state index contributed by atoms with van der Waals surface area (Å²) in [5, 5.41) is 11.0. The molecule has 1 N–H and O–H groups in total. The van der Waals surface area contributed by atoms with Crippen molar-refractivity contribution in [1.82, 2.24) is 19.9 Å². The van der Waals surface area contributed by atoms with Crippen LogP contribution in [0.25, 0.3) is 11.3 Å². The van der Waals surface area contributed by atoms with Gasteiger partial charge in [0, 0.05) is 43.8 Å². The number of nitrogens with zero attached hydrogens (tertiary/aromatic N) is 4. The molecule has 1 aliphatic rings. The highest BCUT2D eigenvalue weighted by Crippen LogP contribution is 2.23. The minimum absolute atomic E-state index is 0.0411. The zero-order valence-electron chi connectivity index (χ0n) is 15.4. The molecular weight excluding hydrogens is 358 g/mol. The number of non-ortho nitro benzene ring substituents is 1. The fourth-order valence-corrected chi connectivity index (χ4v) is 3.48. The van der Waals surface area contributed by atoms with Crippen LogP contribution >= 0.6 is 0 Å². The predicted molar refractivity (Wildman–Crippen MR) is 104 cm³/mol. The summed E-state index contributed by atoms with van der Waals surface area (Å²) in [4.78, 5) is 36.8. The van der Waals surface area contributed by atoms with Gasteiger partial charge >= 0.3 is 0 Å². The Hall–Kier alpha value is -3.39. The van der Waals surface area contributed by atoms with E-state index in [1.807, 2.05) is 24.3 Å². The summed E-state index contributed by atoms with van der Waals surface area (Å²) in [6, 6.07) is 12.1. The van der Waals surface area contributed by atoms with Crippen LogP contribution in [0.3, 0.4) is 0 Å². The van der Waals surface area contributed by atoms with E-state index in [1.54, 1.807) is 13.0 Å². The van der Waals surface area contributed by atoms with Gasteiger partial charge in [0.25, 0.3) is 11.2 Å². The Balaban J connectivity index is 1.55. The first-order valence-electron chi connectivity index (χ1n) is 9.01. The summed E-state index contributed by atoms with van der Waals surface area (Å²) in [5.74, 6) is 0.642. The third-order valence-electron chi connectivity index (χ3n) is 4.81. The molecule has 8 heteroatoms. The van der Waals surface area contributed by atoms with E-state index in [4.69, 9.17) is 0 Å². The second-order valence-electron chi connectivity index (χ2n) is 6.86. The average Bonchev–Trinajstić information content (AvgIpc) is 2.69. The third-order valence-corrected chi connectivity index (χ3v) is 4.81. The lowest BCUT2D eigenvalue weighted by molar-refractivity contribution is -0.384. The number of aryl methyl sites for hydroxylation is 1. The number of aromatic amines is 1. The second kappa shape index (κ2) is 7.32. The van der Waals surface area contributed by atoms with Crippen molar-refractivity contribution in [3.63, 3.8) is 0 Å². The second-order valence-corrected chi connectivity index (χ2v) is 6.86. The van der Waals surface area contributed by atoms with E-state index in [0.717, 1.165) is 24.4 Å².